The van der Waals surface area contributed by atoms with Gasteiger partial charge in [-0.25, -0.2) is 0 Å². The summed E-state index contributed by atoms with van der Waals surface area (Å²) in [5.41, 5.74) is 9.06. The summed E-state index contributed by atoms with van der Waals surface area (Å²) in [5.74, 6) is 0. The Morgan fingerprint density at radius 1 is 1.10 bits per heavy atom. The van der Waals surface area contributed by atoms with Crippen LogP contribution in [0.5, 0.6) is 0 Å². The molecular formula is C17H23NS2. The Kier molecular flexibility index (Phi) is 4.95. The van der Waals surface area contributed by atoms with E-state index in [9.17, 15) is 0 Å². The van der Waals surface area contributed by atoms with Crippen molar-refractivity contribution >= 4 is 23.1 Å². The van der Waals surface area contributed by atoms with Crippen molar-refractivity contribution in [3.05, 3.63) is 52.2 Å². The zero-order chi connectivity index (χ0) is 14.8. The van der Waals surface area contributed by atoms with Gasteiger partial charge >= 0.3 is 0 Å². The molecule has 20 heavy (non-hydrogen) atoms. The minimum absolute atomic E-state index is 0.136. The first-order valence-corrected chi connectivity index (χ1v) is 8.75. The van der Waals surface area contributed by atoms with Crippen molar-refractivity contribution in [3.63, 3.8) is 0 Å². The fourth-order valence-electron chi connectivity index (χ4n) is 2.10. The zero-order valence-electron chi connectivity index (χ0n) is 12.6. The highest BCUT2D eigenvalue weighted by atomic mass is 32.2. The predicted octanol–water partition coefficient (Wildman–Crippen LogP) is 5.23. The van der Waals surface area contributed by atoms with Gasteiger partial charge in [-0.1, -0.05) is 32.9 Å². The van der Waals surface area contributed by atoms with E-state index in [0.717, 1.165) is 0 Å². The molecule has 0 aliphatic rings. The highest BCUT2D eigenvalue weighted by Crippen LogP contribution is 2.38. The first kappa shape index (κ1) is 15.6. The second kappa shape index (κ2) is 6.33. The van der Waals surface area contributed by atoms with Crippen LogP contribution in [0, 0.1) is 0 Å². The summed E-state index contributed by atoms with van der Waals surface area (Å²) in [7, 11) is 0. The van der Waals surface area contributed by atoms with Crippen molar-refractivity contribution in [1.29, 1.82) is 0 Å². The fraction of sp³-hybridized carbons (Fsp3) is 0.412. The van der Waals surface area contributed by atoms with Crippen LogP contribution in [0.2, 0.25) is 0 Å². The lowest BCUT2D eigenvalue weighted by atomic mass is 9.87. The quantitative estimate of drug-likeness (QED) is 0.783. The molecule has 1 aromatic heterocycles. The molecule has 1 aromatic carbocycles. The van der Waals surface area contributed by atoms with E-state index in [1.807, 2.05) is 11.8 Å². The topological polar surface area (TPSA) is 26.0 Å². The molecular weight excluding hydrogens is 282 g/mol. The molecule has 1 heterocycles. The Bertz CT molecular complexity index is 521. The van der Waals surface area contributed by atoms with E-state index in [1.165, 1.54) is 16.0 Å². The minimum Gasteiger partial charge on any atom is -0.327 e. The molecule has 0 bridgehead atoms. The second-order valence-corrected chi connectivity index (χ2v) is 8.22. The van der Waals surface area contributed by atoms with E-state index < -0.39 is 0 Å². The van der Waals surface area contributed by atoms with Crippen LogP contribution in [0.25, 0.3) is 0 Å². The third kappa shape index (κ3) is 3.87. The fourth-order valence-corrected chi connectivity index (χ4v) is 3.96. The minimum atomic E-state index is 0.136. The summed E-state index contributed by atoms with van der Waals surface area (Å²) in [4.78, 5) is 1.28. The Balaban J connectivity index is 2.16. The third-order valence-electron chi connectivity index (χ3n) is 3.33. The van der Waals surface area contributed by atoms with Crippen LogP contribution in [0.1, 0.15) is 44.1 Å². The summed E-state index contributed by atoms with van der Waals surface area (Å²) in [6, 6.07) is 11.2. The average Bonchev–Trinajstić information content (AvgIpc) is 2.88. The van der Waals surface area contributed by atoms with Gasteiger partial charge in [0.1, 0.15) is 0 Å². The van der Waals surface area contributed by atoms with Crippen LogP contribution in [-0.4, -0.2) is 6.04 Å². The molecule has 3 heteroatoms. The molecule has 0 saturated heterocycles. The number of nitrogens with two attached hydrogens (primary N) is 1. The van der Waals surface area contributed by atoms with E-state index in [0.29, 0.717) is 5.25 Å². The van der Waals surface area contributed by atoms with Crippen molar-refractivity contribution in [3.8, 4) is 0 Å². The van der Waals surface area contributed by atoms with Gasteiger partial charge < -0.3 is 5.73 Å². The SMILES string of the molecule is CC(N)C(Sc1ccc(C(C)(C)C)cc1)c1ccsc1. The maximum Gasteiger partial charge on any atom is 0.0501 e. The molecule has 0 aliphatic carbocycles. The van der Waals surface area contributed by atoms with Crippen LogP contribution in [0.15, 0.2) is 46.0 Å². The van der Waals surface area contributed by atoms with Crippen molar-refractivity contribution in [2.45, 2.75) is 49.3 Å². The highest BCUT2D eigenvalue weighted by molar-refractivity contribution is 7.99. The second-order valence-electron chi connectivity index (χ2n) is 6.23. The van der Waals surface area contributed by atoms with E-state index in [1.54, 1.807) is 11.3 Å². The Hall–Kier alpha value is -0.770. The number of hydrogen-bond acceptors (Lipinski definition) is 3. The predicted molar refractivity (Wildman–Crippen MR) is 91.7 cm³/mol. The first-order valence-electron chi connectivity index (χ1n) is 6.93. The summed E-state index contributed by atoms with van der Waals surface area (Å²) < 4.78 is 0. The number of benzene rings is 1. The van der Waals surface area contributed by atoms with Gasteiger partial charge in [0.25, 0.3) is 0 Å². The first-order chi connectivity index (χ1) is 9.38. The lowest BCUT2D eigenvalue weighted by molar-refractivity contribution is 0.589. The lowest BCUT2D eigenvalue weighted by Gasteiger charge is -2.21. The smallest absolute Gasteiger partial charge is 0.0501 e. The summed E-state index contributed by atoms with van der Waals surface area (Å²) >= 11 is 3.59. The molecule has 0 saturated carbocycles. The van der Waals surface area contributed by atoms with Gasteiger partial charge in [-0.3, -0.25) is 0 Å². The Morgan fingerprint density at radius 3 is 2.20 bits per heavy atom. The van der Waals surface area contributed by atoms with Gasteiger partial charge in [-0.2, -0.15) is 11.3 Å². The van der Waals surface area contributed by atoms with Crippen LogP contribution in [0.3, 0.4) is 0 Å². The summed E-state index contributed by atoms with van der Waals surface area (Å²) in [6.07, 6.45) is 0. The molecule has 0 fully saturated rings. The van der Waals surface area contributed by atoms with Gasteiger partial charge in [0.05, 0.1) is 5.25 Å². The molecule has 0 radical (unpaired) electrons. The maximum atomic E-state index is 6.16. The lowest BCUT2D eigenvalue weighted by Crippen LogP contribution is -2.22. The molecule has 1 nitrogen and oxygen atoms in total. The molecule has 2 aromatic rings. The molecule has 108 valence electrons. The number of rotatable bonds is 4. The van der Waals surface area contributed by atoms with Gasteiger partial charge in [0.15, 0.2) is 0 Å². The maximum absolute atomic E-state index is 6.16. The van der Waals surface area contributed by atoms with E-state index >= 15 is 0 Å². The molecule has 2 rings (SSSR count). The van der Waals surface area contributed by atoms with E-state index in [4.69, 9.17) is 5.73 Å². The van der Waals surface area contributed by atoms with E-state index in [-0.39, 0.29) is 11.5 Å². The third-order valence-corrected chi connectivity index (χ3v) is 5.53. The number of hydrogen-bond donors (Lipinski definition) is 1. The van der Waals surface area contributed by atoms with Crippen LogP contribution in [-0.2, 0) is 5.41 Å². The zero-order valence-corrected chi connectivity index (χ0v) is 14.2. The largest absolute Gasteiger partial charge is 0.327 e. The monoisotopic (exact) mass is 305 g/mol. The van der Waals surface area contributed by atoms with Gasteiger partial charge in [-0.15, -0.1) is 11.8 Å². The van der Waals surface area contributed by atoms with Crippen molar-refractivity contribution in [2.24, 2.45) is 5.73 Å². The van der Waals surface area contributed by atoms with Gasteiger partial charge in [0.2, 0.25) is 0 Å². The Morgan fingerprint density at radius 2 is 1.75 bits per heavy atom. The molecule has 2 N–H and O–H groups in total. The average molecular weight is 306 g/mol. The van der Waals surface area contributed by atoms with Crippen molar-refractivity contribution in [1.82, 2.24) is 0 Å². The molecule has 0 aliphatic heterocycles. The van der Waals surface area contributed by atoms with Gasteiger partial charge in [-0.05, 0) is 52.4 Å². The van der Waals surface area contributed by atoms with Gasteiger partial charge in [0, 0.05) is 10.9 Å². The standard InChI is InChI=1S/C17H23NS2/c1-12(18)16(13-9-10-19-11-13)20-15-7-5-14(6-8-15)17(2,3)4/h5-12,16H,18H2,1-4H3. The van der Waals surface area contributed by atoms with Crippen LogP contribution < -0.4 is 5.73 Å². The molecule has 0 amide bonds. The number of thioether (sulfide) groups is 1. The highest BCUT2D eigenvalue weighted by Gasteiger charge is 2.19. The summed E-state index contributed by atoms with van der Waals surface area (Å²) in [5, 5.41) is 4.64. The molecule has 0 spiro atoms. The summed E-state index contributed by atoms with van der Waals surface area (Å²) in [6.45, 7) is 8.81. The van der Waals surface area contributed by atoms with Crippen molar-refractivity contribution in [2.75, 3.05) is 0 Å². The normalized spacial score (nSPS) is 15.1. The van der Waals surface area contributed by atoms with Crippen LogP contribution in [0.4, 0.5) is 0 Å². The van der Waals surface area contributed by atoms with E-state index in [2.05, 4.69) is 68.8 Å². The van der Waals surface area contributed by atoms with Crippen molar-refractivity contribution < 1.29 is 0 Å². The Labute approximate surface area is 130 Å². The van der Waals surface area contributed by atoms with Crippen LogP contribution >= 0.6 is 23.1 Å². The molecule has 2 unspecified atom stereocenters. The number of thiophene rings is 1. The molecule has 2 atom stereocenters.